The summed E-state index contributed by atoms with van der Waals surface area (Å²) in [7, 11) is 0. The van der Waals surface area contributed by atoms with E-state index >= 15 is 0 Å². The average Bonchev–Trinajstić information content (AvgIpc) is 2.57. The minimum atomic E-state index is -8.12. The molecule has 0 aromatic rings. The Labute approximate surface area is 185 Å². The topological polar surface area (TPSA) is 27.7 Å². The second-order valence-electron chi connectivity index (χ2n) is 5.41. The third-order valence-corrected chi connectivity index (χ3v) is 3.93. The maximum atomic E-state index is 13.9. The highest BCUT2D eigenvalue weighted by molar-refractivity contribution is 14.1. The molecule has 0 fully saturated rings. The van der Waals surface area contributed by atoms with E-state index in [4.69, 9.17) is 0 Å². The van der Waals surface area contributed by atoms with Crippen LogP contribution in [0.1, 0.15) is 0 Å². The van der Waals surface area contributed by atoms with Gasteiger partial charge in [0, 0.05) is 0 Å². The number of alkyl halides is 17. The quantitative estimate of drug-likeness (QED) is 0.105. The molecule has 0 aliphatic rings. The Morgan fingerprint density at radius 3 is 1.15 bits per heavy atom. The fourth-order valence-electron chi connectivity index (χ4n) is 1.35. The predicted octanol–water partition coefficient (Wildman–Crippen LogP) is 7.38. The predicted molar refractivity (Wildman–Crippen MR) is 72.1 cm³/mol. The minimum absolute atomic E-state index is 0.250. The first-order valence-corrected chi connectivity index (χ1v) is 8.46. The summed E-state index contributed by atoms with van der Waals surface area (Å²) >= 11 is 0.250. The Hall–Kier alpha value is -1.14. The third kappa shape index (κ3) is 5.98. The van der Waals surface area contributed by atoms with E-state index in [9.17, 15) is 83.4 Å². The van der Waals surface area contributed by atoms with Crippen molar-refractivity contribution in [3.63, 3.8) is 0 Å². The van der Waals surface area contributed by atoms with Crippen molar-refractivity contribution in [3.8, 4) is 0 Å². The number of halogens is 20. The van der Waals surface area contributed by atoms with Crippen LogP contribution in [0.3, 0.4) is 0 Å². The first-order valence-electron chi connectivity index (χ1n) is 6.94. The van der Waals surface area contributed by atoms with Crippen LogP contribution in [0.15, 0.2) is 12.1 Å². The van der Waals surface area contributed by atoms with Crippen LogP contribution in [0.2, 0.25) is 0 Å². The van der Waals surface area contributed by atoms with Crippen LogP contribution in [0.5, 0.6) is 0 Å². The van der Waals surface area contributed by atoms with E-state index in [0.29, 0.717) is 0 Å². The molecule has 204 valence electrons. The lowest BCUT2D eigenvalue weighted by molar-refractivity contribution is -0.564. The molecule has 0 N–H and O–H groups in total. The van der Waals surface area contributed by atoms with E-state index in [-0.39, 0.29) is 22.6 Å². The standard InChI is InChI=1S/C11H2F19IO3/c12-2(13)3(14)32-10(27,28)5(17,7(19,20)21)34-11(29,30)6(18,8(22,23)24)33-9(25,26)4(15,16)1-31/h1H2. The van der Waals surface area contributed by atoms with Gasteiger partial charge < -0.3 is 4.74 Å². The fraction of sp³-hybridized carbons (Fsp3) is 0.818. The first-order chi connectivity index (χ1) is 14.6. The molecule has 34 heavy (non-hydrogen) atoms. The summed E-state index contributed by atoms with van der Waals surface area (Å²) in [5.74, 6) is -21.9. The summed E-state index contributed by atoms with van der Waals surface area (Å²) in [4.78, 5) is 0. The Bertz CT molecular complexity index is 756. The van der Waals surface area contributed by atoms with Gasteiger partial charge in [-0.25, -0.2) is 0 Å². The van der Waals surface area contributed by atoms with Crippen LogP contribution in [-0.4, -0.2) is 52.7 Å². The Kier molecular flexibility index (Phi) is 9.07. The lowest BCUT2D eigenvalue weighted by Crippen LogP contribution is -2.69. The SMILES string of the molecule is FC(F)=C(F)OC(F)(F)C(F)(OC(F)(F)C(F)(OC(F)(F)C(F)(F)CI)C(F)(F)F)C(F)(F)F. The molecule has 0 aliphatic carbocycles. The minimum Gasteiger partial charge on any atom is -0.398 e. The molecule has 0 saturated carbocycles. The number of hydrogen-bond donors (Lipinski definition) is 0. The molecule has 0 radical (unpaired) electrons. The van der Waals surface area contributed by atoms with Crippen LogP contribution in [0.4, 0.5) is 83.4 Å². The lowest BCUT2D eigenvalue weighted by atomic mass is 10.2. The maximum Gasteiger partial charge on any atom is 0.471 e. The average molecular weight is 670 g/mol. The van der Waals surface area contributed by atoms with E-state index in [1.807, 2.05) is 0 Å². The fourth-order valence-corrected chi connectivity index (χ4v) is 1.80. The zero-order chi connectivity index (χ0) is 28.0. The highest BCUT2D eigenvalue weighted by atomic mass is 127. The molecule has 0 aliphatic heterocycles. The summed E-state index contributed by atoms with van der Waals surface area (Å²) in [5, 5.41) is 0. The van der Waals surface area contributed by atoms with Crippen LogP contribution in [-0.2, 0) is 14.2 Å². The number of rotatable bonds is 10. The molecule has 0 heterocycles. The normalized spacial score (nSPS) is 18.2. The van der Waals surface area contributed by atoms with E-state index < -0.39 is 64.8 Å². The summed E-state index contributed by atoms with van der Waals surface area (Å²) in [6, 6.07) is -4.16. The van der Waals surface area contributed by atoms with Gasteiger partial charge in [0.1, 0.15) is 0 Å². The van der Waals surface area contributed by atoms with Crippen LogP contribution in [0, 0.1) is 0 Å². The highest BCUT2D eigenvalue weighted by Crippen LogP contribution is 2.57. The molecule has 0 aromatic heterocycles. The zero-order valence-electron chi connectivity index (χ0n) is 14.5. The summed E-state index contributed by atoms with van der Waals surface area (Å²) in [6.45, 7) is 0. The van der Waals surface area contributed by atoms with Crippen LogP contribution in [0.25, 0.3) is 0 Å². The number of hydrogen-bond acceptors (Lipinski definition) is 3. The molecular weight excluding hydrogens is 668 g/mol. The Morgan fingerprint density at radius 1 is 0.529 bits per heavy atom. The molecule has 0 aromatic carbocycles. The van der Waals surface area contributed by atoms with Crippen molar-refractivity contribution in [3.05, 3.63) is 12.1 Å². The summed E-state index contributed by atoms with van der Waals surface area (Å²) in [6.07, 6.45) is -42.6. The van der Waals surface area contributed by atoms with Crippen molar-refractivity contribution in [1.29, 1.82) is 0 Å². The van der Waals surface area contributed by atoms with E-state index in [1.54, 1.807) is 9.47 Å². The van der Waals surface area contributed by atoms with Crippen molar-refractivity contribution < 1.29 is 97.6 Å². The molecular formula is C11H2F19IO3. The van der Waals surface area contributed by atoms with Crippen LogP contribution < -0.4 is 0 Å². The molecule has 0 spiro atoms. The van der Waals surface area contributed by atoms with E-state index in [0.717, 1.165) is 0 Å². The van der Waals surface area contributed by atoms with Gasteiger partial charge in [0.25, 0.3) is 0 Å². The summed E-state index contributed by atoms with van der Waals surface area (Å²) < 4.78 is 248. The molecule has 0 rings (SSSR count). The largest absolute Gasteiger partial charge is 0.471 e. The molecule has 2 atom stereocenters. The van der Waals surface area contributed by atoms with Crippen molar-refractivity contribution >= 4 is 22.6 Å². The van der Waals surface area contributed by atoms with Gasteiger partial charge in [0.2, 0.25) is 0 Å². The van der Waals surface area contributed by atoms with Gasteiger partial charge in [-0.15, -0.1) is 0 Å². The van der Waals surface area contributed by atoms with Gasteiger partial charge in [0.05, 0.1) is 4.43 Å². The van der Waals surface area contributed by atoms with Gasteiger partial charge in [0.15, 0.2) is 0 Å². The van der Waals surface area contributed by atoms with Crippen LogP contribution >= 0.6 is 22.6 Å². The van der Waals surface area contributed by atoms with Gasteiger partial charge in [-0.2, -0.15) is 83.4 Å². The second-order valence-corrected chi connectivity index (χ2v) is 6.18. The molecule has 0 amide bonds. The highest BCUT2D eigenvalue weighted by Gasteiger charge is 2.86. The molecule has 23 heteroatoms. The Balaban J connectivity index is 6.86. The van der Waals surface area contributed by atoms with Gasteiger partial charge in [-0.05, 0) is 0 Å². The lowest BCUT2D eigenvalue weighted by Gasteiger charge is -2.41. The van der Waals surface area contributed by atoms with E-state index in [1.165, 1.54) is 4.74 Å². The Morgan fingerprint density at radius 2 is 0.853 bits per heavy atom. The molecule has 0 saturated heterocycles. The third-order valence-electron chi connectivity index (χ3n) is 2.98. The molecule has 3 nitrogen and oxygen atoms in total. The van der Waals surface area contributed by atoms with E-state index in [2.05, 4.69) is 0 Å². The second kappa shape index (κ2) is 9.38. The van der Waals surface area contributed by atoms with Crippen molar-refractivity contribution in [2.45, 2.75) is 48.3 Å². The van der Waals surface area contributed by atoms with Crippen molar-refractivity contribution in [2.75, 3.05) is 4.43 Å². The van der Waals surface area contributed by atoms with Gasteiger partial charge in [-0.1, -0.05) is 22.6 Å². The first kappa shape index (κ1) is 32.9. The smallest absolute Gasteiger partial charge is 0.398 e. The monoisotopic (exact) mass is 670 g/mol. The molecule has 0 bridgehead atoms. The van der Waals surface area contributed by atoms with Crippen molar-refractivity contribution in [1.82, 2.24) is 0 Å². The van der Waals surface area contributed by atoms with Gasteiger partial charge in [-0.3, -0.25) is 9.47 Å². The zero-order valence-corrected chi connectivity index (χ0v) is 16.6. The number of ether oxygens (including phenoxy) is 3. The summed E-state index contributed by atoms with van der Waals surface area (Å²) in [5.41, 5.74) is 0. The van der Waals surface area contributed by atoms with Gasteiger partial charge >= 0.3 is 60.4 Å². The van der Waals surface area contributed by atoms with Crippen molar-refractivity contribution in [2.24, 2.45) is 0 Å². The maximum absolute atomic E-state index is 13.9. The molecule has 2 unspecified atom stereocenters.